The number of nitrogens with one attached hydrogen (secondary N) is 2. The van der Waals surface area contributed by atoms with Crippen LogP contribution in [0.1, 0.15) is 46.0 Å². The molecule has 0 aromatic carbocycles. The predicted octanol–water partition coefficient (Wildman–Crippen LogP) is 1.54. The monoisotopic (exact) mass is 270 g/mol. The third-order valence-electron chi connectivity index (χ3n) is 4.40. The number of rotatable bonds is 8. The maximum Gasteiger partial charge on any atom is 0.220 e. The van der Waals surface area contributed by atoms with Crippen molar-refractivity contribution in [2.24, 2.45) is 17.8 Å². The molecule has 3 N–H and O–H groups in total. The number of hydrogen-bond donors (Lipinski definition) is 3. The molecule has 1 saturated heterocycles. The van der Waals surface area contributed by atoms with Crippen molar-refractivity contribution in [3.8, 4) is 0 Å². The molecule has 1 heterocycles. The first kappa shape index (κ1) is 16.4. The molecule has 1 aliphatic heterocycles. The van der Waals surface area contributed by atoms with Crippen molar-refractivity contribution in [2.45, 2.75) is 46.0 Å². The Balaban J connectivity index is 2.21. The molecule has 0 aromatic rings. The van der Waals surface area contributed by atoms with E-state index in [1.807, 2.05) is 0 Å². The van der Waals surface area contributed by atoms with Gasteiger partial charge >= 0.3 is 0 Å². The van der Waals surface area contributed by atoms with Gasteiger partial charge in [-0.15, -0.1) is 0 Å². The van der Waals surface area contributed by atoms with Gasteiger partial charge < -0.3 is 15.7 Å². The van der Waals surface area contributed by atoms with Crippen molar-refractivity contribution < 1.29 is 9.90 Å². The van der Waals surface area contributed by atoms with Crippen LogP contribution in [0.4, 0.5) is 0 Å². The lowest BCUT2D eigenvalue weighted by molar-refractivity contribution is -0.122. The minimum atomic E-state index is 0.169. The largest absolute Gasteiger partial charge is 0.396 e. The van der Waals surface area contributed by atoms with Crippen LogP contribution in [0.15, 0.2) is 0 Å². The normalized spacial score (nSPS) is 19.9. The zero-order valence-electron chi connectivity index (χ0n) is 12.5. The topological polar surface area (TPSA) is 61.4 Å². The van der Waals surface area contributed by atoms with Gasteiger partial charge in [-0.2, -0.15) is 0 Å². The summed E-state index contributed by atoms with van der Waals surface area (Å²) in [6.07, 6.45) is 4.80. The number of carbonyl (C=O) groups is 1. The molecule has 2 unspecified atom stereocenters. The summed E-state index contributed by atoms with van der Waals surface area (Å²) in [6, 6.07) is 0. The summed E-state index contributed by atoms with van der Waals surface area (Å²) in [6.45, 7) is 7.38. The molecule has 2 atom stereocenters. The van der Waals surface area contributed by atoms with Crippen molar-refractivity contribution in [2.75, 3.05) is 26.2 Å². The van der Waals surface area contributed by atoms with Gasteiger partial charge in [-0.3, -0.25) is 4.79 Å². The Kier molecular flexibility index (Phi) is 8.07. The van der Waals surface area contributed by atoms with Crippen LogP contribution >= 0.6 is 0 Å². The Bertz CT molecular complexity index is 253. The molecule has 1 amide bonds. The molecule has 4 heteroatoms. The fourth-order valence-corrected chi connectivity index (χ4v) is 2.84. The second-order valence-corrected chi connectivity index (χ2v) is 5.86. The molecule has 1 fully saturated rings. The molecule has 4 nitrogen and oxygen atoms in total. The summed E-state index contributed by atoms with van der Waals surface area (Å²) in [5.74, 6) is 1.73. The molecule has 0 aromatic heterocycles. The predicted molar refractivity (Wildman–Crippen MR) is 77.9 cm³/mol. The Hall–Kier alpha value is -0.610. The van der Waals surface area contributed by atoms with E-state index >= 15 is 0 Å². The van der Waals surface area contributed by atoms with Crippen LogP contribution in [-0.2, 0) is 4.79 Å². The highest BCUT2D eigenvalue weighted by Gasteiger charge is 2.22. The maximum absolute atomic E-state index is 11.9. The zero-order valence-corrected chi connectivity index (χ0v) is 12.5. The van der Waals surface area contributed by atoms with E-state index in [0.29, 0.717) is 30.7 Å². The van der Waals surface area contributed by atoms with E-state index in [0.717, 1.165) is 25.9 Å². The van der Waals surface area contributed by atoms with Crippen LogP contribution < -0.4 is 10.6 Å². The van der Waals surface area contributed by atoms with E-state index in [-0.39, 0.29) is 12.5 Å². The van der Waals surface area contributed by atoms with Gasteiger partial charge in [0.1, 0.15) is 0 Å². The number of hydrogen-bond acceptors (Lipinski definition) is 3. The summed E-state index contributed by atoms with van der Waals surface area (Å²) >= 11 is 0. The molecule has 0 aliphatic carbocycles. The van der Waals surface area contributed by atoms with Gasteiger partial charge in [-0.1, -0.05) is 20.3 Å². The van der Waals surface area contributed by atoms with E-state index in [4.69, 9.17) is 5.11 Å². The number of amides is 1. The van der Waals surface area contributed by atoms with Crippen molar-refractivity contribution in [1.82, 2.24) is 10.6 Å². The Morgan fingerprint density at radius 2 is 2.11 bits per heavy atom. The Morgan fingerprint density at radius 1 is 1.42 bits per heavy atom. The molecule has 1 aliphatic rings. The van der Waals surface area contributed by atoms with Crippen molar-refractivity contribution in [1.29, 1.82) is 0 Å². The van der Waals surface area contributed by atoms with E-state index in [9.17, 15) is 4.79 Å². The van der Waals surface area contributed by atoms with Crippen LogP contribution in [0, 0.1) is 17.8 Å². The van der Waals surface area contributed by atoms with E-state index in [2.05, 4.69) is 24.5 Å². The third kappa shape index (κ3) is 6.39. The zero-order chi connectivity index (χ0) is 14.1. The number of aliphatic hydroxyl groups is 1. The van der Waals surface area contributed by atoms with Crippen molar-refractivity contribution in [3.05, 3.63) is 0 Å². The van der Waals surface area contributed by atoms with Gasteiger partial charge in [0.25, 0.3) is 0 Å². The summed E-state index contributed by atoms with van der Waals surface area (Å²) < 4.78 is 0. The summed E-state index contributed by atoms with van der Waals surface area (Å²) in [4.78, 5) is 11.9. The lowest BCUT2D eigenvalue weighted by Crippen LogP contribution is -2.35. The van der Waals surface area contributed by atoms with E-state index in [1.165, 1.54) is 12.8 Å². The average molecular weight is 270 g/mol. The molecule has 0 bridgehead atoms. The van der Waals surface area contributed by atoms with Crippen molar-refractivity contribution >= 4 is 5.91 Å². The third-order valence-corrected chi connectivity index (χ3v) is 4.40. The average Bonchev–Trinajstić information content (AvgIpc) is 2.44. The van der Waals surface area contributed by atoms with Gasteiger partial charge in [0.2, 0.25) is 5.91 Å². The Morgan fingerprint density at radius 3 is 2.68 bits per heavy atom. The quantitative estimate of drug-likeness (QED) is 0.627. The molecule has 0 radical (unpaired) electrons. The maximum atomic E-state index is 11.9. The van der Waals surface area contributed by atoms with Crippen LogP contribution in [0.2, 0.25) is 0 Å². The second kappa shape index (κ2) is 9.32. The first-order chi connectivity index (χ1) is 9.17. The molecule has 19 heavy (non-hydrogen) atoms. The fourth-order valence-electron chi connectivity index (χ4n) is 2.84. The molecule has 0 saturated carbocycles. The van der Waals surface area contributed by atoms with Gasteiger partial charge in [-0.05, 0) is 50.1 Å². The fraction of sp³-hybridized carbons (Fsp3) is 0.933. The number of carbonyl (C=O) groups excluding carboxylic acids is 1. The van der Waals surface area contributed by atoms with Gasteiger partial charge in [0.05, 0.1) is 0 Å². The highest BCUT2D eigenvalue weighted by Crippen LogP contribution is 2.24. The molecule has 1 rings (SSSR count). The van der Waals surface area contributed by atoms with Gasteiger partial charge in [-0.25, -0.2) is 0 Å². The summed E-state index contributed by atoms with van der Waals surface area (Å²) in [5, 5.41) is 15.3. The number of piperidine rings is 1. The first-order valence-electron chi connectivity index (χ1n) is 7.75. The molecule has 0 spiro atoms. The summed E-state index contributed by atoms with van der Waals surface area (Å²) in [5.41, 5.74) is 0. The minimum Gasteiger partial charge on any atom is -0.396 e. The van der Waals surface area contributed by atoms with Crippen molar-refractivity contribution in [3.63, 3.8) is 0 Å². The lowest BCUT2D eigenvalue weighted by atomic mass is 9.84. The molecular weight excluding hydrogens is 240 g/mol. The first-order valence-corrected chi connectivity index (χ1v) is 7.75. The summed E-state index contributed by atoms with van der Waals surface area (Å²) in [7, 11) is 0. The van der Waals surface area contributed by atoms with Gasteiger partial charge in [0, 0.05) is 19.6 Å². The lowest BCUT2D eigenvalue weighted by Gasteiger charge is -2.28. The van der Waals surface area contributed by atoms with Crippen LogP contribution in [0.3, 0.4) is 0 Å². The van der Waals surface area contributed by atoms with E-state index < -0.39 is 0 Å². The van der Waals surface area contributed by atoms with Gasteiger partial charge in [0.15, 0.2) is 0 Å². The standard InChI is InChI=1S/C15H30N2O2/c1-3-13(6-9-18)11-17-15(19)10-12(2)14-4-7-16-8-5-14/h12-14,16,18H,3-11H2,1-2H3,(H,17,19). The number of aliphatic hydroxyl groups excluding tert-OH is 1. The minimum absolute atomic E-state index is 0.169. The molecular formula is C15H30N2O2. The highest BCUT2D eigenvalue weighted by molar-refractivity contribution is 5.76. The SMILES string of the molecule is CCC(CCO)CNC(=O)CC(C)C1CCNCC1. The van der Waals surface area contributed by atoms with E-state index in [1.54, 1.807) is 0 Å². The van der Waals surface area contributed by atoms with Crippen LogP contribution in [0.25, 0.3) is 0 Å². The van der Waals surface area contributed by atoms with Crippen LogP contribution in [0.5, 0.6) is 0 Å². The molecule has 112 valence electrons. The highest BCUT2D eigenvalue weighted by atomic mass is 16.3. The Labute approximate surface area is 117 Å². The second-order valence-electron chi connectivity index (χ2n) is 5.86. The smallest absolute Gasteiger partial charge is 0.220 e. The van der Waals surface area contributed by atoms with Crippen LogP contribution in [-0.4, -0.2) is 37.3 Å².